The zero-order valence-corrected chi connectivity index (χ0v) is 16.9. The van der Waals surface area contributed by atoms with Gasteiger partial charge in [0.05, 0.1) is 15.8 Å². The predicted octanol–water partition coefficient (Wildman–Crippen LogP) is 4.25. The lowest BCUT2D eigenvalue weighted by Crippen LogP contribution is -2.47. The van der Waals surface area contributed by atoms with Crippen LogP contribution in [0.2, 0.25) is 10.0 Å². The van der Waals surface area contributed by atoms with Gasteiger partial charge >= 0.3 is 0 Å². The van der Waals surface area contributed by atoms with Crippen molar-refractivity contribution in [3.05, 3.63) is 64.1 Å². The molecule has 4 nitrogen and oxygen atoms in total. The summed E-state index contributed by atoms with van der Waals surface area (Å²) in [5.74, 6) is -0.101. The Hall–Kier alpha value is -1.69. The molecule has 0 spiro atoms. The monoisotopic (exact) mass is 410 g/mol. The number of thioether (sulfide) groups is 1. The van der Waals surface area contributed by atoms with Crippen molar-refractivity contribution in [1.82, 2.24) is 10.2 Å². The van der Waals surface area contributed by atoms with Gasteiger partial charge in [0.15, 0.2) is 0 Å². The number of hydrogen-bond acceptors (Lipinski definition) is 3. The van der Waals surface area contributed by atoms with Gasteiger partial charge < -0.3 is 10.2 Å². The summed E-state index contributed by atoms with van der Waals surface area (Å²) in [7, 11) is 1.55. The second-order valence-electron chi connectivity index (χ2n) is 5.66. The van der Waals surface area contributed by atoms with Gasteiger partial charge in [-0.05, 0) is 36.8 Å². The topological polar surface area (TPSA) is 49.4 Å². The first-order valence-electron chi connectivity index (χ1n) is 8.05. The second-order valence-corrected chi connectivity index (χ2v) is 7.53. The number of nitrogens with one attached hydrogen (secondary N) is 1. The van der Waals surface area contributed by atoms with E-state index in [4.69, 9.17) is 23.2 Å². The van der Waals surface area contributed by atoms with Crippen LogP contribution in [0.25, 0.3) is 0 Å². The summed E-state index contributed by atoms with van der Waals surface area (Å²) in [6, 6.07) is 14.3. The van der Waals surface area contributed by atoms with Crippen molar-refractivity contribution in [3.8, 4) is 0 Å². The van der Waals surface area contributed by atoms with E-state index in [0.717, 1.165) is 10.5 Å². The number of carbonyl (C=O) groups excluding carboxylic acids is 2. The molecule has 0 bridgehead atoms. The van der Waals surface area contributed by atoms with Crippen LogP contribution in [-0.4, -0.2) is 35.6 Å². The highest BCUT2D eigenvalue weighted by atomic mass is 35.5. The molecule has 0 aliphatic rings. The molecule has 0 radical (unpaired) electrons. The number of rotatable bonds is 7. The molecule has 1 N–H and O–H groups in total. The normalized spacial score (nSPS) is 11.7. The Kier molecular flexibility index (Phi) is 7.82. The second kappa shape index (κ2) is 9.86. The average molecular weight is 411 g/mol. The molecule has 0 heterocycles. The quantitative estimate of drug-likeness (QED) is 0.693. The van der Waals surface area contributed by atoms with Crippen molar-refractivity contribution < 1.29 is 9.59 Å². The van der Waals surface area contributed by atoms with Gasteiger partial charge in [-0.2, -0.15) is 0 Å². The van der Waals surface area contributed by atoms with Crippen molar-refractivity contribution in [3.63, 3.8) is 0 Å². The van der Waals surface area contributed by atoms with Gasteiger partial charge in [-0.1, -0.05) is 47.5 Å². The predicted molar refractivity (Wildman–Crippen MR) is 108 cm³/mol. The zero-order valence-electron chi connectivity index (χ0n) is 14.5. The van der Waals surface area contributed by atoms with Crippen LogP contribution in [-0.2, 0) is 16.1 Å². The van der Waals surface area contributed by atoms with Crippen molar-refractivity contribution in [2.75, 3.05) is 12.8 Å². The molecule has 138 valence electrons. The Morgan fingerprint density at radius 1 is 1.12 bits per heavy atom. The van der Waals surface area contributed by atoms with Gasteiger partial charge in [0.25, 0.3) is 0 Å². The molecule has 0 unspecified atom stereocenters. The van der Waals surface area contributed by atoms with Gasteiger partial charge in [-0.15, -0.1) is 11.8 Å². The van der Waals surface area contributed by atoms with Crippen LogP contribution in [0.4, 0.5) is 0 Å². The van der Waals surface area contributed by atoms with Gasteiger partial charge in [-0.3, -0.25) is 9.59 Å². The summed E-state index contributed by atoms with van der Waals surface area (Å²) in [6.07, 6.45) is 0. The van der Waals surface area contributed by atoms with Crippen LogP contribution < -0.4 is 5.32 Å². The first-order chi connectivity index (χ1) is 12.4. The third-order valence-electron chi connectivity index (χ3n) is 3.86. The van der Waals surface area contributed by atoms with E-state index < -0.39 is 6.04 Å². The fourth-order valence-electron chi connectivity index (χ4n) is 2.37. The summed E-state index contributed by atoms with van der Waals surface area (Å²) < 4.78 is 0. The van der Waals surface area contributed by atoms with E-state index in [1.54, 1.807) is 37.1 Å². The minimum atomic E-state index is -0.599. The third-order valence-corrected chi connectivity index (χ3v) is 5.59. The highest BCUT2D eigenvalue weighted by Gasteiger charge is 2.25. The van der Waals surface area contributed by atoms with E-state index in [2.05, 4.69) is 5.32 Å². The third kappa shape index (κ3) is 5.66. The van der Waals surface area contributed by atoms with Crippen LogP contribution in [0.5, 0.6) is 0 Å². The molecule has 0 aliphatic heterocycles. The Balaban J connectivity index is 2.15. The fourth-order valence-corrected chi connectivity index (χ4v) is 3.50. The van der Waals surface area contributed by atoms with Gasteiger partial charge in [-0.25, -0.2) is 0 Å². The van der Waals surface area contributed by atoms with Crippen LogP contribution in [0.1, 0.15) is 12.5 Å². The molecule has 0 aromatic heterocycles. The molecule has 2 aromatic rings. The van der Waals surface area contributed by atoms with Crippen LogP contribution in [0, 0.1) is 0 Å². The lowest BCUT2D eigenvalue weighted by atomic mass is 10.1. The molecule has 0 aliphatic carbocycles. The van der Waals surface area contributed by atoms with E-state index >= 15 is 0 Å². The van der Waals surface area contributed by atoms with Gasteiger partial charge in [0.2, 0.25) is 11.8 Å². The van der Waals surface area contributed by atoms with E-state index in [1.807, 2.05) is 30.3 Å². The number of nitrogens with zero attached hydrogens (tertiary/aromatic N) is 1. The first kappa shape index (κ1) is 20.6. The highest BCUT2D eigenvalue weighted by Crippen LogP contribution is 2.24. The SMILES string of the molecule is CNC(=O)[C@H](C)N(Cc1ccc(Cl)c(Cl)c1)C(=O)CSc1ccccc1. The summed E-state index contributed by atoms with van der Waals surface area (Å²) in [5, 5.41) is 3.46. The van der Waals surface area contributed by atoms with Crippen LogP contribution in [0.3, 0.4) is 0 Å². The van der Waals surface area contributed by atoms with Crippen molar-refractivity contribution in [2.45, 2.75) is 24.4 Å². The maximum atomic E-state index is 12.8. The molecule has 7 heteroatoms. The minimum absolute atomic E-state index is 0.124. The standard InChI is InChI=1S/C19H20Cl2N2O2S/c1-13(19(25)22-2)23(11-14-8-9-16(20)17(21)10-14)18(24)12-26-15-6-4-3-5-7-15/h3-10,13H,11-12H2,1-2H3,(H,22,25)/t13-/m0/s1. The van der Waals surface area contributed by atoms with Gasteiger partial charge in [0.1, 0.15) is 6.04 Å². The number of likely N-dealkylation sites (N-methyl/N-ethyl adjacent to an activating group) is 1. The lowest BCUT2D eigenvalue weighted by Gasteiger charge is -2.28. The molecular formula is C19H20Cl2N2O2S. The van der Waals surface area contributed by atoms with Gasteiger partial charge in [0, 0.05) is 18.5 Å². The Labute approximate surface area is 167 Å². The van der Waals surface area contributed by atoms with E-state index in [1.165, 1.54) is 11.8 Å². The smallest absolute Gasteiger partial charge is 0.242 e. The maximum absolute atomic E-state index is 12.8. The molecule has 2 rings (SSSR count). The first-order valence-corrected chi connectivity index (χ1v) is 9.79. The molecule has 2 aromatic carbocycles. The van der Waals surface area contributed by atoms with Crippen LogP contribution in [0.15, 0.2) is 53.4 Å². The largest absolute Gasteiger partial charge is 0.357 e. The number of carbonyl (C=O) groups is 2. The highest BCUT2D eigenvalue weighted by molar-refractivity contribution is 8.00. The van der Waals surface area contributed by atoms with E-state index in [0.29, 0.717) is 10.0 Å². The van der Waals surface area contributed by atoms with Crippen molar-refractivity contribution >= 4 is 46.8 Å². The average Bonchev–Trinajstić information content (AvgIpc) is 2.66. The molecule has 1 atom stereocenters. The molecule has 0 saturated carbocycles. The molecule has 0 saturated heterocycles. The summed E-state index contributed by atoms with van der Waals surface area (Å²) >= 11 is 13.5. The lowest BCUT2D eigenvalue weighted by molar-refractivity contribution is -0.138. The molecule has 2 amide bonds. The van der Waals surface area contributed by atoms with Crippen LogP contribution >= 0.6 is 35.0 Å². The van der Waals surface area contributed by atoms with Crippen molar-refractivity contribution in [2.24, 2.45) is 0 Å². The fraction of sp³-hybridized carbons (Fsp3) is 0.263. The molecular weight excluding hydrogens is 391 g/mol. The summed E-state index contributed by atoms with van der Waals surface area (Å²) in [5.41, 5.74) is 0.813. The number of benzene rings is 2. The maximum Gasteiger partial charge on any atom is 0.242 e. The number of halogens is 2. The zero-order chi connectivity index (χ0) is 19.1. The summed E-state index contributed by atoms with van der Waals surface area (Å²) in [4.78, 5) is 27.4. The Morgan fingerprint density at radius 2 is 1.81 bits per heavy atom. The number of hydrogen-bond donors (Lipinski definition) is 1. The Morgan fingerprint density at radius 3 is 2.42 bits per heavy atom. The molecule has 26 heavy (non-hydrogen) atoms. The summed E-state index contributed by atoms with van der Waals surface area (Å²) in [6.45, 7) is 1.99. The number of amides is 2. The van der Waals surface area contributed by atoms with E-state index in [9.17, 15) is 9.59 Å². The molecule has 0 fully saturated rings. The Bertz CT molecular complexity index is 771. The minimum Gasteiger partial charge on any atom is -0.357 e. The van der Waals surface area contributed by atoms with E-state index in [-0.39, 0.29) is 24.1 Å². The van der Waals surface area contributed by atoms with Crippen molar-refractivity contribution in [1.29, 1.82) is 0 Å².